The number of halogens is 2. The molecule has 0 saturated carbocycles. The number of rotatable bonds is 7. The van der Waals surface area contributed by atoms with E-state index in [-0.39, 0.29) is 6.54 Å². The predicted octanol–water partition coefficient (Wildman–Crippen LogP) is 2.36. The number of benzene rings is 1. The van der Waals surface area contributed by atoms with Crippen molar-refractivity contribution in [1.82, 2.24) is 10.6 Å². The zero-order valence-electron chi connectivity index (χ0n) is 10.8. The van der Waals surface area contributed by atoms with Gasteiger partial charge in [-0.05, 0) is 31.6 Å². The van der Waals surface area contributed by atoms with Crippen LogP contribution < -0.4 is 10.6 Å². The Morgan fingerprint density at radius 1 is 1.32 bits per heavy atom. The Hall–Kier alpha value is -1.27. The number of hydrogen-bond acceptors (Lipinski definition) is 2. The molecule has 0 spiro atoms. The van der Waals surface area contributed by atoms with Crippen molar-refractivity contribution >= 4 is 17.3 Å². The first kappa shape index (κ1) is 15.8. The minimum atomic E-state index is -0.585. The zero-order valence-corrected chi connectivity index (χ0v) is 11.7. The normalized spacial score (nSPS) is 10.3. The number of ether oxygens (including phenoxy) is 1. The molecular formula is C13H18F2N2OS. The summed E-state index contributed by atoms with van der Waals surface area (Å²) in [6.07, 6.45) is 0.848. The Balaban J connectivity index is 2.22. The molecule has 0 aliphatic rings. The lowest BCUT2D eigenvalue weighted by Gasteiger charge is -2.11. The highest BCUT2D eigenvalue weighted by Gasteiger charge is 2.04. The van der Waals surface area contributed by atoms with Crippen molar-refractivity contribution < 1.29 is 13.5 Å². The summed E-state index contributed by atoms with van der Waals surface area (Å²) in [6.45, 7) is 4.24. The van der Waals surface area contributed by atoms with Gasteiger partial charge in [0.2, 0.25) is 0 Å². The average Bonchev–Trinajstić information content (AvgIpc) is 2.37. The Bertz CT molecular complexity index is 416. The third-order valence-corrected chi connectivity index (χ3v) is 2.70. The fraction of sp³-hybridized carbons (Fsp3) is 0.462. The topological polar surface area (TPSA) is 33.3 Å². The van der Waals surface area contributed by atoms with Gasteiger partial charge in [-0.15, -0.1) is 0 Å². The molecule has 6 heteroatoms. The molecule has 0 aromatic heterocycles. The monoisotopic (exact) mass is 288 g/mol. The van der Waals surface area contributed by atoms with E-state index >= 15 is 0 Å². The summed E-state index contributed by atoms with van der Waals surface area (Å²) in [6, 6.07) is 3.48. The van der Waals surface area contributed by atoms with E-state index in [1.54, 1.807) is 0 Å². The number of hydrogen-bond donors (Lipinski definition) is 2. The van der Waals surface area contributed by atoms with Crippen molar-refractivity contribution in [3.05, 3.63) is 35.4 Å². The molecule has 0 unspecified atom stereocenters. The van der Waals surface area contributed by atoms with E-state index in [9.17, 15) is 8.78 Å². The van der Waals surface area contributed by atoms with E-state index < -0.39 is 11.6 Å². The molecule has 0 saturated heterocycles. The van der Waals surface area contributed by atoms with Crippen LogP contribution in [0.3, 0.4) is 0 Å². The molecule has 19 heavy (non-hydrogen) atoms. The van der Waals surface area contributed by atoms with Crippen LogP contribution in [0, 0.1) is 11.6 Å². The summed E-state index contributed by atoms with van der Waals surface area (Å²) in [7, 11) is 0. The van der Waals surface area contributed by atoms with Crippen molar-refractivity contribution in [2.24, 2.45) is 0 Å². The quantitative estimate of drug-likeness (QED) is 0.596. The summed E-state index contributed by atoms with van der Waals surface area (Å²) in [5, 5.41) is 6.30. The minimum Gasteiger partial charge on any atom is -0.382 e. The van der Waals surface area contributed by atoms with Crippen molar-refractivity contribution in [2.45, 2.75) is 19.9 Å². The lowest BCUT2D eigenvalue weighted by atomic mass is 10.2. The van der Waals surface area contributed by atoms with E-state index in [4.69, 9.17) is 17.0 Å². The van der Waals surface area contributed by atoms with Crippen LogP contribution in [0.4, 0.5) is 8.78 Å². The van der Waals surface area contributed by atoms with Gasteiger partial charge in [0.05, 0.1) is 0 Å². The van der Waals surface area contributed by atoms with Crippen LogP contribution in [-0.4, -0.2) is 24.9 Å². The maximum atomic E-state index is 13.3. The van der Waals surface area contributed by atoms with Gasteiger partial charge in [-0.25, -0.2) is 8.78 Å². The van der Waals surface area contributed by atoms with Gasteiger partial charge in [0.1, 0.15) is 11.6 Å². The first-order valence-corrected chi connectivity index (χ1v) is 6.57. The van der Waals surface area contributed by atoms with Gasteiger partial charge in [-0.2, -0.15) is 0 Å². The molecule has 1 aromatic rings. The molecule has 3 nitrogen and oxygen atoms in total. The van der Waals surface area contributed by atoms with E-state index in [0.29, 0.717) is 30.4 Å². The standard InChI is InChI=1S/C13H18F2N2OS/c1-2-18-7-3-6-16-13(19)17-9-10-4-5-11(14)8-12(10)15/h4-5,8H,2-3,6-7,9H2,1H3,(H2,16,17,19). The van der Waals surface area contributed by atoms with Crippen LogP contribution in [-0.2, 0) is 11.3 Å². The SMILES string of the molecule is CCOCCCNC(=S)NCc1ccc(F)cc1F. The first-order valence-electron chi connectivity index (χ1n) is 6.17. The fourth-order valence-corrected chi connectivity index (χ4v) is 1.60. The van der Waals surface area contributed by atoms with Crippen LogP contribution >= 0.6 is 12.2 Å². The highest BCUT2D eigenvalue weighted by Crippen LogP contribution is 2.08. The molecule has 2 N–H and O–H groups in total. The Morgan fingerprint density at radius 3 is 2.79 bits per heavy atom. The number of thiocarbonyl (C=S) groups is 1. The van der Waals surface area contributed by atoms with Crippen molar-refractivity contribution in [3.63, 3.8) is 0 Å². The van der Waals surface area contributed by atoms with Crippen LogP contribution in [0.2, 0.25) is 0 Å². The van der Waals surface area contributed by atoms with E-state index in [2.05, 4.69) is 10.6 Å². The highest BCUT2D eigenvalue weighted by molar-refractivity contribution is 7.80. The van der Waals surface area contributed by atoms with E-state index in [1.165, 1.54) is 12.1 Å². The van der Waals surface area contributed by atoms with Crippen molar-refractivity contribution in [2.75, 3.05) is 19.8 Å². The largest absolute Gasteiger partial charge is 0.382 e. The molecule has 0 aliphatic heterocycles. The lowest BCUT2D eigenvalue weighted by Crippen LogP contribution is -2.35. The van der Waals surface area contributed by atoms with Gasteiger partial charge in [-0.3, -0.25) is 0 Å². The summed E-state index contributed by atoms with van der Waals surface area (Å²) in [4.78, 5) is 0. The van der Waals surface area contributed by atoms with Crippen LogP contribution in [0.5, 0.6) is 0 Å². The van der Waals surface area contributed by atoms with Gasteiger partial charge in [0.15, 0.2) is 5.11 Å². The average molecular weight is 288 g/mol. The summed E-state index contributed by atoms with van der Waals surface area (Å²) in [5.74, 6) is -1.16. The molecule has 0 amide bonds. The fourth-order valence-electron chi connectivity index (χ4n) is 1.42. The second-order valence-electron chi connectivity index (χ2n) is 3.90. The number of nitrogens with one attached hydrogen (secondary N) is 2. The second-order valence-corrected chi connectivity index (χ2v) is 4.30. The summed E-state index contributed by atoms with van der Waals surface area (Å²) < 4.78 is 31.2. The molecule has 1 rings (SSSR count). The van der Waals surface area contributed by atoms with Gasteiger partial charge >= 0.3 is 0 Å². The minimum absolute atomic E-state index is 0.226. The van der Waals surface area contributed by atoms with Crippen LogP contribution in [0.1, 0.15) is 18.9 Å². The van der Waals surface area contributed by atoms with E-state index in [0.717, 1.165) is 12.5 Å². The van der Waals surface area contributed by atoms with Crippen molar-refractivity contribution in [3.8, 4) is 0 Å². The third kappa shape index (κ3) is 6.45. The van der Waals surface area contributed by atoms with Gasteiger partial charge in [0.25, 0.3) is 0 Å². The smallest absolute Gasteiger partial charge is 0.166 e. The molecule has 0 bridgehead atoms. The molecule has 0 fully saturated rings. The molecule has 0 aliphatic carbocycles. The zero-order chi connectivity index (χ0) is 14.1. The molecule has 0 radical (unpaired) electrons. The highest BCUT2D eigenvalue weighted by atomic mass is 32.1. The molecule has 106 valence electrons. The van der Waals surface area contributed by atoms with Crippen molar-refractivity contribution in [1.29, 1.82) is 0 Å². The first-order chi connectivity index (χ1) is 9.13. The van der Waals surface area contributed by atoms with Crippen LogP contribution in [0.25, 0.3) is 0 Å². The predicted molar refractivity (Wildman–Crippen MR) is 74.9 cm³/mol. The maximum Gasteiger partial charge on any atom is 0.166 e. The van der Waals surface area contributed by atoms with Gasteiger partial charge < -0.3 is 15.4 Å². The van der Waals surface area contributed by atoms with Gasteiger partial charge in [0, 0.05) is 37.9 Å². The Morgan fingerprint density at radius 2 is 2.11 bits per heavy atom. The third-order valence-electron chi connectivity index (χ3n) is 2.41. The van der Waals surface area contributed by atoms with Crippen LogP contribution in [0.15, 0.2) is 18.2 Å². The van der Waals surface area contributed by atoms with Gasteiger partial charge in [-0.1, -0.05) is 6.07 Å². The molecule has 0 atom stereocenters. The Kier molecular flexibility index (Phi) is 7.28. The maximum absolute atomic E-state index is 13.3. The molecule has 0 heterocycles. The molecule has 1 aromatic carbocycles. The summed E-state index contributed by atoms with van der Waals surface area (Å²) in [5.41, 5.74) is 0.375. The van der Waals surface area contributed by atoms with E-state index in [1.807, 2.05) is 6.92 Å². The summed E-state index contributed by atoms with van der Waals surface area (Å²) >= 11 is 5.04. The lowest BCUT2D eigenvalue weighted by molar-refractivity contribution is 0.145. The Labute approximate surface area is 117 Å². The molecular weight excluding hydrogens is 270 g/mol. The second kappa shape index (κ2) is 8.77.